The van der Waals surface area contributed by atoms with Gasteiger partial charge in [-0.1, -0.05) is 34.1 Å². The Morgan fingerprint density at radius 1 is 1.41 bits per heavy atom. The van der Waals surface area contributed by atoms with Crippen LogP contribution in [0, 0.1) is 0 Å². The van der Waals surface area contributed by atoms with Crippen LogP contribution in [0.5, 0.6) is 0 Å². The van der Waals surface area contributed by atoms with Gasteiger partial charge in [-0.05, 0) is 24.5 Å². The summed E-state index contributed by atoms with van der Waals surface area (Å²) in [6.45, 7) is 1.73. The van der Waals surface area contributed by atoms with Crippen molar-refractivity contribution in [2.75, 3.05) is 13.1 Å². The number of likely N-dealkylation sites (tertiary alicyclic amines) is 1. The molecular formula is C12H16BrClN2O. The Hall–Kier alpha value is -0.580. The average molecular weight is 320 g/mol. The highest BCUT2D eigenvalue weighted by atomic mass is 79.9. The number of nitrogens with zero attached hydrogens (tertiary/aromatic N) is 1. The quantitative estimate of drug-likeness (QED) is 0.926. The van der Waals surface area contributed by atoms with Gasteiger partial charge in [-0.3, -0.25) is 4.79 Å². The zero-order valence-corrected chi connectivity index (χ0v) is 11.8. The molecule has 17 heavy (non-hydrogen) atoms. The van der Waals surface area contributed by atoms with E-state index in [-0.39, 0.29) is 18.3 Å². The summed E-state index contributed by atoms with van der Waals surface area (Å²) in [6.07, 6.45) is 1.70. The minimum atomic E-state index is -0.418. The summed E-state index contributed by atoms with van der Waals surface area (Å²) in [5.74, 6) is 0.0713. The van der Waals surface area contributed by atoms with Crippen molar-refractivity contribution in [1.82, 2.24) is 4.90 Å². The molecule has 2 rings (SSSR count). The molecule has 0 saturated carbocycles. The molecule has 1 aliphatic heterocycles. The number of carbonyl (C=O) groups excluding carboxylic acids is 1. The van der Waals surface area contributed by atoms with Crippen LogP contribution in [0.4, 0.5) is 0 Å². The maximum Gasteiger partial charge on any atom is 0.239 e. The number of halogens is 2. The van der Waals surface area contributed by atoms with Gasteiger partial charge in [-0.25, -0.2) is 0 Å². The summed E-state index contributed by atoms with van der Waals surface area (Å²) < 4.78 is 1.02. The lowest BCUT2D eigenvalue weighted by Gasteiger charge is -2.33. The van der Waals surface area contributed by atoms with Gasteiger partial charge >= 0.3 is 0 Å². The van der Waals surface area contributed by atoms with Gasteiger partial charge in [0.05, 0.1) is 6.04 Å². The molecule has 0 bridgehead atoms. The Bertz CT molecular complexity index is 396. The predicted molar refractivity (Wildman–Crippen MR) is 74.3 cm³/mol. The van der Waals surface area contributed by atoms with Gasteiger partial charge in [0.25, 0.3) is 0 Å². The van der Waals surface area contributed by atoms with E-state index in [4.69, 9.17) is 5.73 Å². The molecule has 1 heterocycles. The topological polar surface area (TPSA) is 46.3 Å². The van der Waals surface area contributed by atoms with Gasteiger partial charge in [-0.2, -0.15) is 0 Å². The summed E-state index contributed by atoms with van der Waals surface area (Å²) in [5, 5.41) is 0. The van der Waals surface area contributed by atoms with E-state index in [9.17, 15) is 4.79 Å². The van der Waals surface area contributed by atoms with Crippen molar-refractivity contribution in [1.29, 1.82) is 0 Å². The van der Waals surface area contributed by atoms with Gasteiger partial charge < -0.3 is 10.6 Å². The standard InChI is InChI=1S/C12H15BrN2O.ClH/c13-10-5-2-1-4-9(10)8-11(14)12(16)15-6-3-7-15;/h1-2,4-5,11H,3,6-8,14H2;1H. The summed E-state index contributed by atoms with van der Waals surface area (Å²) in [4.78, 5) is 13.6. The Morgan fingerprint density at radius 2 is 2.06 bits per heavy atom. The first-order valence-corrected chi connectivity index (χ1v) is 6.25. The molecule has 1 amide bonds. The lowest BCUT2D eigenvalue weighted by molar-refractivity contribution is -0.136. The van der Waals surface area contributed by atoms with Crippen molar-refractivity contribution in [3.63, 3.8) is 0 Å². The molecule has 1 aliphatic rings. The monoisotopic (exact) mass is 318 g/mol. The van der Waals surface area contributed by atoms with Crippen molar-refractivity contribution in [3.8, 4) is 0 Å². The van der Waals surface area contributed by atoms with Crippen LogP contribution in [0.2, 0.25) is 0 Å². The van der Waals surface area contributed by atoms with Gasteiger partial charge in [0.2, 0.25) is 5.91 Å². The third-order valence-electron chi connectivity index (χ3n) is 2.88. The molecule has 1 atom stereocenters. The van der Waals surface area contributed by atoms with E-state index in [0.717, 1.165) is 29.5 Å². The number of rotatable bonds is 3. The minimum Gasteiger partial charge on any atom is -0.341 e. The molecule has 0 radical (unpaired) electrons. The Morgan fingerprint density at radius 3 is 2.59 bits per heavy atom. The van der Waals surface area contributed by atoms with E-state index in [1.54, 1.807) is 0 Å². The molecule has 5 heteroatoms. The third-order valence-corrected chi connectivity index (χ3v) is 3.66. The minimum absolute atomic E-state index is 0. The zero-order valence-electron chi connectivity index (χ0n) is 9.43. The number of hydrogen-bond acceptors (Lipinski definition) is 2. The largest absolute Gasteiger partial charge is 0.341 e. The number of amides is 1. The molecule has 3 nitrogen and oxygen atoms in total. The van der Waals surface area contributed by atoms with Crippen LogP contribution >= 0.6 is 28.3 Å². The smallest absolute Gasteiger partial charge is 0.239 e. The van der Waals surface area contributed by atoms with Crippen molar-refractivity contribution in [3.05, 3.63) is 34.3 Å². The number of nitrogens with two attached hydrogens (primary N) is 1. The van der Waals surface area contributed by atoms with Gasteiger partial charge in [-0.15, -0.1) is 12.4 Å². The van der Waals surface area contributed by atoms with E-state index >= 15 is 0 Å². The normalized spacial score (nSPS) is 15.8. The zero-order chi connectivity index (χ0) is 11.5. The van der Waals surface area contributed by atoms with Crippen LogP contribution in [0.1, 0.15) is 12.0 Å². The lowest BCUT2D eigenvalue weighted by atomic mass is 10.0. The first-order chi connectivity index (χ1) is 7.68. The van der Waals surface area contributed by atoms with Crippen LogP contribution in [0.25, 0.3) is 0 Å². The highest BCUT2D eigenvalue weighted by molar-refractivity contribution is 9.10. The fraction of sp³-hybridized carbons (Fsp3) is 0.417. The second-order valence-corrected chi connectivity index (χ2v) is 4.94. The van der Waals surface area contributed by atoms with Crippen molar-refractivity contribution < 1.29 is 4.79 Å². The average Bonchev–Trinajstić information content (AvgIpc) is 2.18. The molecule has 1 aromatic rings. The fourth-order valence-electron chi connectivity index (χ4n) is 1.76. The third kappa shape index (κ3) is 3.44. The second kappa shape index (κ2) is 6.38. The van der Waals surface area contributed by atoms with Crippen LogP contribution in [-0.2, 0) is 11.2 Å². The highest BCUT2D eigenvalue weighted by Crippen LogP contribution is 2.18. The van der Waals surface area contributed by atoms with E-state index < -0.39 is 6.04 Å². The van der Waals surface area contributed by atoms with Crippen LogP contribution in [0.15, 0.2) is 28.7 Å². The van der Waals surface area contributed by atoms with E-state index in [1.165, 1.54) is 0 Å². The Kier molecular flexibility index (Phi) is 5.43. The predicted octanol–water partition coefficient (Wildman–Crippen LogP) is 1.97. The first kappa shape index (κ1) is 14.5. The summed E-state index contributed by atoms with van der Waals surface area (Å²) in [6, 6.07) is 7.46. The molecule has 0 aliphatic carbocycles. The summed E-state index contributed by atoms with van der Waals surface area (Å²) in [7, 11) is 0. The Balaban J connectivity index is 0.00000144. The molecule has 94 valence electrons. The number of hydrogen-bond donors (Lipinski definition) is 1. The molecule has 0 aromatic heterocycles. The van der Waals surface area contributed by atoms with E-state index in [2.05, 4.69) is 15.9 Å². The van der Waals surface area contributed by atoms with Gasteiger partial charge in [0.15, 0.2) is 0 Å². The van der Waals surface area contributed by atoms with Crippen LogP contribution in [0.3, 0.4) is 0 Å². The van der Waals surface area contributed by atoms with Crippen molar-refractivity contribution >= 4 is 34.2 Å². The van der Waals surface area contributed by atoms with Crippen LogP contribution in [-0.4, -0.2) is 29.9 Å². The molecule has 1 saturated heterocycles. The molecule has 1 aromatic carbocycles. The maximum absolute atomic E-state index is 11.8. The van der Waals surface area contributed by atoms with Gasteiger partial charge in [0, 0.05) is 17.6 Å². The maximum atomic E-state index is 11.8. The first-order valence-electron chi connectivity index (χ1n) is 5.46. The molecular weight excluding hydrogens is 304 g/mol. The Labute approximate surface area is 116 Å². The van der Waals surface area contributed by atoms with Crippen molar-refractivity contribution in [2.24, 2.45) is 5.73 Å². The second-order valence-electron chi connectivity index (χ2n) is 4.08. The molecule has 2 N–H and O–H groups in total. The lowest BCUT2D eigenvalue weighted by Crippen LogP contribution is -2.50. The molecule has 0 spiro atoms. The molecule has 1 fully saturated rings. The fourth-order valence-corrected chi connectivity index (χ4v) is 2.21. The van der Waals surface area contributed by atoms with Crippen LogP contribution < -0.4 is 5.73 Å². The van der Waals surface area contributed by atoms with Gasteiger partial charge in [0.1, 0.15) is 0 Å². The van der Waals surface area contributed by atoms with E-state index in [0.29, 0.717) is 6.42 Å². The van der Waals surface area contributed by atoms with E-state index in [1.807, 2.05) is 29.2 Å². The number of benzene rings is 1. The summed E-state index contributed by atoms with van der Waals surface area (Å²) >= 11 is 3.46. The number of carbonyl (C=O) groups is 1. The SMILES string of the molecule is Cl.NC(Cc1ccccc1Br)C(=O)N1CCC1. The summed E-state index contributed by atoms with van der Waals surface area (Å²) in [5.41, 5.74) is 7.00. The molecule has 1 unspecified atom stereocenters. The van der Waals surface area contributed by atoms with Crippen molar-refractivity contribution in [2.45, 2.75) is 18.9 Å². The highest BCUT2D eigenvalue weighted by Gasteiger charge is 2.25.